The molecule has 0 saturated heterocycles. The van der Waals surface area contributed by atoms with E-state index in [-0.39, 0.29) is 0 Å². The fourth-order valence-corrected chi connectivity index (χ4v) is 2.01. The lowest BCUT2D eigenvalue weighted by Crippen LogP contribution is -2.02. The predicted molar refractivity (Wildman–Crippen MR) is 67.8 cm³/mol. The van der Waals surface area contributed by atoms with Crippen LogP contribution in [0.4, 0.5) is 5.82 Å². The molecule has 0 unspecified atom stereocenters. The maximum atomic E-state index is 5.74. The van der Waals surface area contributed by atoms with Crippen LogP contribution < -0.4 is 5.73 Å². The highest BCUT2D eigenvalue weighted by atomic mass is 32.2. The van der Waals surface area contributed by atoms with Gasteiger partial charge < -0.3 is 10.5 Å². The van der Waals surface area contributed by atoms with Crippen LogP contribution in [0.15, 0.2) is 11.1 Å². The molecule has 1 aromatic heterocycles. The van der Waals surface area contributed by atoms with Crippen LogP contribution in [-0.2, 0) is 4.74 Å². The van der Waals surface area contributed by atoms with Gasteiger partial charge in [0.25, 0.3) is 0 Å². The maximum absolute atomic E-state index is 5.74. The van der Waals surface area contributed by atoms with Crippen molar-refractivity contribution in [2.75, 3.05) is 25.2 Å². The first-order chi connectivity index (χ1) is 7.63. The molecule has 0 aromatic carbocycles. The third-order valence-corrected chi connectivity index (χ3v) is 3.00. The Morgan fingerprint density at radius 3 is 2.81 bits per heavy atom. The molecular weight excluding hydrogens is 222 g/mol. The van der Waals surface area contributed by atoms with Gasteiger partial charge in [0.2, 0.25) is 0 Å². The van der Waals surface area contributed by atoms with Crippen molar-refractivity contribution in [1.82, 2.24) is 9.97 Å². The minimum absolute atomic E-state index is 0.307. The molecule has 1 rings (SSSR count). The number of nitrogens with zero attached hydrogens (tertiary/aromatic N) is 2. The first kappa shape index (κ1) is 13.3. The molecule has 4 nitrogen and oxygen atoms in total. The Balaban J connectivity index is 2.58. The van der Waals surface area contributed by atoms with Crippen molar-refractivity contribution in [3.63, 3.8) is 0 Å². The lowest BCUT2D eigenvalue weighted by molar-refractivity contribution is 0.200. The number of nitrogen functional groups attached to an aromatic ring is 1. The number of hydrogen-bond acceptors (Lipinski definition) is 5. The molecule has 0 fully saturated rings. The quantitative estimate of drug-likeness (QED) is 0.470. The van der Waals surface area contributed by atoms with Gasteiger partial charge in [-0.1, -0.05) is 13.8 Å². The maximum Gasteiger partial charge on any atom is 0.134 e. The van der Waals surface area contributed by atoms with Gasteiger partial charge in [-0.05, 0) is 6.42 Å². The first-order valence-corrected chi connectivity index (χ1v) is 6.38. The zero-order valence-electron chi connectivity index (χ0n) is 10.1. The van der Waals surface area contributed by atoms with Crippen LogP contribution in [0.2, 0.25) is 0 Å². The summed E-state index contributed by atoms with van der Waals surface area (Å²) < 4.78 is 4.99. The lowest BCUT2D eigenvalue weighted by atomic mass is 10.2. The molecule has 0 amide bonds. The van der Waals surface area contributed by atoms with E-state index in [0.717, 1.165) is 29.6 Å². The molecule has 1 heterocycles. The Bertz CT molecular complexity index is 331. The Hall–Kier alpha value is -0.810. The minimum atomic E-state index is 0.307. The van der Waals surface area contributed by atoms with E-state index in [9.17, 15) is 0 Å². The Kier molecular flexibility index (Phi) is 5.55. The molecule has 16 heavy (non-hydrogen) atoms. The second-order valence-corrected chi connectivity index (χ2v) is 4.95. The van der Waals surface area contributed by atoms with E-state index in [4.69, 9.17) is 10.5 Å². The van der Waals surface area contributed by atoms with Gasteiger partial charge in [-0.15, -0.1) is 11.8 Å². The molecule has 0 aliphatic carbocycles. The third-order valence-electron chi connectivity index (χ3n) is 2.00. The van der Waals surface area contributed by atoms with E-state index < -0.39 is 0 Å². The van der Waals surface area contributed by atoms with Gasteiger partial charge in [0, 0.05) is 31.5 Å². The molecule has 0 radical (unpaired) electrons. The number of rotatable bonds is 6. The predicted octanol–water partition coefficient (Wildman–Crippen LogP) is 2.31. The first-order valence-electron chi connectivity index (χ1n) is 5.39. The third kappa shape index (κ3) is 4.37. The van der Waals surface area contributed by atoms with Gasteiger partial charge >= 0.3 is 0 Å². The highest BCUT2D eigenvalue weighted by Gasteiger charge is 2.06. The Morgan fingerprint density at radius 1 is 1.44 bits per heavy atom. The fourth-order valence-electron chi connectivity index (χ4n) is 1.17. The number of nitrogens with two attached hydrogens (primary N) is 1. The fraction of sp³-hybridized carbons (Fsp3) is 0.636. The van der Waals surface area contributed by atoms with Crippen LogP contribution in [0, 0.1) is 0 Å². The zero-order chi connectivity index (χ0) is 12.0. The van der Waals surface area contributed by atoms with Crippen molar-refractivity contribution < 1.29 is 4.74 Å². The minimum Gasteiger partial charge on any atom is -0.385 e. The van der Waals surface area contributed by atoms with Crippen LogP contribution in [0.3, 0.4) is 0 Å². The van der Waals surface area contributed by atoms with Crippen LogP contribution >= 0.6 is 11.8 Å². The van der Waals surface area contributed by atoms with Crippen molar-refractivity contribution in [3.05, 3.63) is 11.9 Å². The second-order valence-electron chi connectivity index (χ2n) is 3.84. The van der Waals surface area contributed by atoms with E-state index in [0.29, 0.717) is 11.7 Å². The molecule has 90 valence electrons. The number of methoxy groups -OCH3 is 1. The number of aromatic nitrogens is 2. The summed E-state index contributed by atoms with van der Waals surface area (Å²) in [6.45, 7) is 4.91. The van der Waals surface area contributed by atoms with E-state index in [1.807, 2.05) is 6.07 Å². The van der Waals surface area contributed by atoms with Crippen LogP contribution in [0.5, 0.6) is 0 Å². The molecule has 1 aromatic rings. The van der Waals surface area contributed by atoms with E-state index in [1.54, 1.807) is 18.9 Å². The summed E-state index contributed by atoms with van der Waals surface area (Å²) in [6.07, 6.45) is 1.02. The van der Waals surface area contributed by atoms with E-state index in [2.05, 4.69) is 23.8 Å². The number of hydrogen-bond donors (Lipinski definition) is 1. The van der Waals surface area contributed by atoms with Crippen molar-refractivity contribution in [3.8, 4) is 0 Å². The summed E-state index contributed by atoms with van der Waals surface area (Å²) in [5, 5.41) is 0.951. The average Bonchev–Trinajstić information content (AvgIpc) is 2.23. The van der Waals surface area contributed by atoms with Gasteiger partial charge in [-0.25, -0.2) is 9.97 Å². The van der Waals surface area contributed by atoms with Crippen LogP contribution in [0.25, 0.3) is 0 Å². The van der Waals surface area contributed by atoms with Gasteiger partial charge in [0.15, 0.2) is 0 Å². The van der Waals surface area contributed by atoms with Crippen molar-refractivity contribution >= 4 is 17.6 Å². The van der Waals surface area contributed by atoms with E-state index >= 15 is 0 Å². The monoisotopic (exact) mass is 241 g/mol. The molecule has 2 N–H and O–H groups in total. The van der Waals surface area contributed by atoms with Crippen molar-refractivity contribution in [1.29, 1.82) is 0 Å². The number of ether oxygens (including phenoxy) is 1. The molecule has 0 atom stereocenters. The molecule has 0 aliphatic heterocycles. The van der Waals surface area contributed by atoms with Crippen LogP contribution in [-0.4, -0.2) is 29.4 Å². The Morgan fingerprint density at radius 2 is 2.19 bits per heavy atom. The number of thioether (sulfide) groups is 1. The highest BCUT2D eigenvalue weighted by molar-refractivity contribution is 7.99. The van der Waals surface area contributed by atoms with Gasteiger partial charge in [0.1, 0.15) is 16.7 Å². The SMILES string of the molecule is COCCCSc1cc(N)nc(C(C)C)n1. The van der Waals surface area contributed by atoms with Gasteiger partial charge in [-0.3, -0.25) is 0 Å². The standard InChI is InChI=1S/C11H19N3OS/c1-8(2)11-13-9(12)7-10(14-11)16-6-4-5-15-3/h7-8H,4-6H2,1-3H3,(H2,12,13,14). The number of anilines is 1. The van der Waals surface area contributed by atoms with Crippen molar-refractivity contribution in [2.24, 2.45) is 0 Å². The second kappa shape index (κ2) is 6.70. The lowest BCUT2D eigenvalue weighted by Gasteiger charge is -2.07. The molecule has 5 heteroatoms. The van der Waals surface area contributed by atoms with Crippen molar-refractivity contribution in [2.45, 2.75) is 31.2 Å². The molecule has 0 bridgehead atoms. The van der Waals surface area contributed by atoms with Gasteiger partial charge in [0.05, 0.1) is 0 Å². The smallest absolute Gasteiger partial charge is 0.134 e. The summed E-state index contributed by atoms with van der Waals surface area (Å²) in [5.74, 6) is 2.66. The summed E-state index contributed by atoms with van der Waals surface area (Å²) >= 11 is 1.69. The molecular formula is C11H19N3OS. The largest absolute Gasteiger partial charge is 0.385 e. The topological polar surface area (TPSA) is 61.0 Å². The highest BCUT2D eigenvalue weighted by Crippen LogP contribution is 2.20. The Labute approximate surface area is 101 Å². The average molecular weight is 241 g/mol. The molecule has 0 aliphatic rings. The normalized spacial score (nSPS) is 11.0. The summed E-state index contributed by atoms with van der Waals surface area (Å²) in [4.78, 5) is 8.67. The van der Waals surface area contributed by atoms with E-state index in [1.165, 1.54) is 0 Å². The summed E-state index contributed by atoms with van der Waals surface area (Å²) in [7, 11) is 1.71. The molecule has 0 saturated carbocycles. The summed E-state index contributed by atoms with van der Waals surface area (Å²) in [6, 6.07) is 1.82. The zero-order valence-corrected chi connectivity index (χ0v) is 10.9. The van der Waals surface area contributed by atoms with Crippen LogP contribution in [0.1, 0.15) is 32.0 Å². The molecule has 0 spiro atoms. The van der Waals surface area contributed by atoms with Gasteiger partial charge in [-0.2, -0.15) is 0 Å². The summed E-state index contributed by atoms with van der Waals surface area (Å²) in [5.41, 5.74) is 5.74.